The zero-order chi connectivity index (χ0) is 17.6. The Morgan fingerprint density at radius 3 is 1.64 bits per heavy atom. The molecule has 0 aromatic heterocycles. The van der Waals surface area contributed by atoms with Crippen molar-refractivity contribution in [2.45, 2.75) is 25.2 Å². The van der Waals surface area contributed by atoms with Gasteiger partial charge in [0.15, 0.2) is 0 Å². The van der Waals surface area contributed by atoms with Gasteiger partial charge in [-0.3, -0.25) is 0 Å². The molecule has 2 nitrogen and oxygen atoms in total. The quantitative estimate of drug-likeness (QED) is 0.639. The Morgan fingerprint density at radius 2 is 1.20 bits per heavy atom. The van der Waals surface area contributed by atoms with Crippen molar-refractivity contribution in [3.8, 4) is 0 Å². The number of benzene rings is 3. The van der Waals surface area contributed by atoms with E-state index in [0.717, 1.165) is 22.3 Å². The minimum absolute atomic E-state index is 0.00741. The van der Waals surface area contributed by atoms with Gasteiger partial charge in [0.05, 0.1) is 0 Å². The van der Waals surface area contributed by atoms with Crippen molar-refractivity contribution in [1.82, 2.24) is 0 Å². The minimum atomic E-state index is -1.02. The van der Waals surface area contributed by atoms with Crippen molar-refractivity contribution in [1.29, 1.82) is 0 Å². The highest BCUT2D eigenvalue weighted by Crippen LogP contribution is 2.37. The van der Waals surface area contributed by atoms with Crippen LogP contribution < -0.4 is 5.11 Å². The lowest BCUT2D eigenvalue weighted by molar-refractivity contribution is -0.308. The largest absolute Gasteiger partial charge is 0.549 e. The van der Waals surface area contributed by atoms with E-state index in [1.807, 2.05) is 67.6 Å². The van der Waals surface area contributed by atoms with E-state index in [0.29, 0.717) is 6.42 Å². The molecule has 126 valence electrons. The fourth-order valence-electron chi connectivity index (χ4n) is 3.45. The van der Waals surface area contributed by atoms with Crippen LogP contribution >= 0.6 is 0 Å². The molecule has 3 aromatic carbocycles. The van der Waals surface area contributed by atoms with Gasteiger partial charge in [-0.1, -0.05) is 91.9 Å². The summed E-state index contributed by atoms with van der Waals surface area (Å²) < 4.78 is 0. The number of rotatable bonds is 6. The number of aliphatic carboxylic acids is 1. The molecule has 1 atom stereocenters. The number of hydrogen-bond donors (Lipinski definition) is 0. The first kappa shape index (κ1) is 17.0. The van der Waals surface area contributed by atoms with Gasteiger partial charge in [0.25, 0.3) is 0 Å². The van der Waals surface area contributed by atoms with Gasteiger partial charge in [-0.2, -0.15) is 0 Å². The predicted octanol–water partition coefficient (Wildman–Crippen LogP) is 4.11. The number of hydrogen-bond acceptors (Lipinski definition) is 2. The van der Waals surface area contributed by atoms with E-state index in [4.69, 9.17) is 0 Å². The molecular formula is C23H21O2-. The Labute approximate surface area is 148 Å². The molecule has 0 amide bonds. The maximum absolute atomic E-state index is 11.7. The highest BCUT2D eigenvalue weighted by molar-refractivity contribution is 5.75. The normalized spacial score (nSPS) is 12.1. The van der Waals surface area contributed by atoms with Crippen LogP contribution in [0.15, 0.2) is 84.9 Å². The van der Waals surface area contributed by atoms with Gasteiger partial charge in [-0.15, -0.1) is 0 Å². The molecule has 3 rings (SSSR count). The lowest BCUT2D eigenvalue weighted by Gasteiger charge is -2.26. The Balaban J connectivity index is 2.20. The molecule has 0 aliphatic carbocycles. The lowest BCUT2D eigenvalue weighted by atomic mass is 9.79. The third-order valence-electron chi connectivity index (χ3n) is 4.64. The van der Waals surface area contributed by atoms with Gasteiger partial charge < -0.3 is 9.90 Å². The summed E-state index contributed by atoms with van der Waals surface area (Å²) in [6.07, 6.45) is 0.510. The highest BCUT2D eigenvalue weighted by Gasteiger charge is 2.23. The van der Waals surface area contributed by atoms with E-state index in [-0.39, 0.29) is 5.92 Å². The summed E-state index contributed by atoms with van der Waals surface area (Å²) in [6, 6.07) is 28.2. The summed E-state index contributed by atoms with van der Waals surface area (Å²) in [6.45, 7) is 1.89. The van der Waals surface area contributed by atoms with Crippen molar-refractivity contribution in [2.24, 2.45) is 0 Å². The molecule has 0 aliphatic rings. The minimum Gasteiger partial charge on any atom is -0.549 e. The number of carboxylic acids is 1. The summed E-state index contributed by atoms with van der Waals surface area (Å²) in [4.78, 5) is 11.7. The second-order valence-corrected chi connectivity index (χ2v) is 6.16. The van der Waals surface area contributed by atoms with Crippen molar-refractivity contribution in [3.05, 3.63) is 107 Å². The smallest absolute Gasteiger partial charge is 0.0489 e. The van der Waals surface area contributed by atoms with Crippen molar-refractivity contribution in [3.63, 3.8) is 0 Å². The molecule has 0 heterocycles. The van der Waals surface area contributed by atoms with Crippen molar-refractivity contribution >= 4 is 5.97 Å². The highest BCUT2D eigenvalue weighted by atomic mass is 16.4. The molecule has 0 spiro atoms. The van der Waals surface area contributed by atoms with Gasteiger partial charge >= 0.3 is 0 Å². The first-order valence-electron chi connectivity index (χ1n) is 8.62. The first-order chi connectivity index (χ1) is 12.2. The molecule has 25 heavy (non-hydrogen) atoms. The van der Waals surface area contributed by atoms with Crippen LogP contribution in [0.25, 0.3) is 0 Å². The molecule has 0 N–H and O–H groups in total. The standard InChI is InChI=1S/C23H22O2/c1-2-19(23(24)25)20-15-9-10-16-21(20)22(17-11-5-3-6-12-17)18-13-7-4-8-14-18/h3-16,19,22H,2H2,1H3,(H,24,25)/p-1. The third kappa shape index (κ3) is 3.63. The van der Waals surface area contributed by atoms with Crippen LogP contribution in [0.1, 0.15) is 47.4 Å². The molecular weight excluding hydrogens is 308 g/mol. The Hall–Kier alpha value is -2.87. The number of carbonyl (C=O) groups is 1. The Kier molecular flexibility index (Phi) is 5.30. The lowest BCUT2D eigenvalue weighted by Crippen LogP contribution is -2.30. The molecule has 0 aliphatic heterocycles. The predicted molar refractivity (Wildman–Crippen MR) is 98.3 cm³/mol. The zero-order valence-corrected chi connectivity index (χ0v) is 14.3. The molecule has 2 heteroatoms. The molecule has 1 unspecified atom stereocenters. The Bertz CT molecular complexity index is 785. The van der Waals surface area contributed by atoms with Crippen LogP contribution in [0.4, 0.5) is 0 Å². The fraction of sp³-hybridized carbons (Fsp3) is 0.174. The second kappa shape index (κ2) is 7.80. The maximum Gasteiger partial charge on any atom is 0.0489 e. The molecule has 0 saturated heterocycles. The van der Waals surface area contributed by atoms with Crippen LogP contribution in [0.2, 0.25) is 0 Å². The summed E-state index contributed by atoms with van der Waals surface area (Å²) in [5.74, 6) is -1.63. The number of carboxylic acid groups (broad SMARTS) is 1. The monoisotopic (exact) mass is 329 g/mol. The zero-order valence-electron chi connectivity index (χ0n) is 14.3. The Morgan fingerprint density at radius 1 is 0.760 bits per heavy atom. The summed E-state index contributed by atoms with van der Waals surface area (Å²) in [7, 11) is 0. The van der Waals surface area contributed by atoms with Gasteiger partial charge in [-0.25, -0.2) is 0 Å². The van der Waals surface area contributed by atoms with Crippen LogP contribution in [0, 0.1) is 0 Å². The summed E-state index contributed by atoms with van der Waals surface area (Å²) >= 11 is 0. The molecule has 0 saturated carbocycles. The molecule has 0 bridgehead atoms. The summed E-state index contributed by atoms with van der Waals surface area (Å²) in [5, 5.41) is 11.7. The van der Waals surface area contributed by atoms with E-state index in [9.17, 15) is 9.90 Å². The average molecular weight is 329 g/mol. The van der Waals surface area contributed by atoms with Gasteiger partial charge in [0.2, 0.25) is 0 Å². The SMILES string of the molecule is CCC(C(=O)[O-])c1ccccc1C(c1ccccc1)c1ccccc1. The van der Waals surface area contributed by atoms with Crippen molar-refractivity contribution in [2.75, 3.05) is 0 Å². The van der Waals surface area contributed by atoms with Crippen LogP contribution in [-0.2, 0) is 4.79 Å². The molecule has 0 radical (unpaired) electrons. The fourth-order valence-corrected chi connectivity index (χ4v) is 3.45. The van der Waals surface area contributed by atoms with Gasteiger partial charge in [-0.05, 0) is 28.7 Å². The average Bonchev–Trinajstić information content (AvgIpc) is 2.65. The van der Waals surface area contributed by atoms with Crippen LogP contribution in [-0.4, -0.2) is 5.97 Å². The van der Waals surface area contributed by atoms with Crippen LogP contribution in [0.3, 0.4) is 0 Å². The second-order valence-electron chi connectivity index (χ2n) is 6.16. The number of carbonyl (C=O) groups excluding carboxylic acids is 1. The van der Waals surface area contributed by atoms with E-state index in [1.54, 1.807) is 0 Å². The van der Waals surface area contributed by atoms with E-state index in [2.05, 4.69) is 24.3 Å². The van der Waals surface area contributed by atoms with E-state index < -0.39 is 11.9 Å². The van der Waals surface area contributed by atoms with E-state index in [1.165, 1.54) is 0 Å². The van der Waals surface area contributed by atoms with Gasteiger partial charge in [0, 0.05) is 17.8 Å². The molecule has 0 fully saturated rings. The van der Waals surface area contributed by atoms with Gasteiger partial charge in [0.1, 0.15) is 0 Å². The summed E-state index contributed by atoms with van der Waals surface area (Å²) in [5.41, 5.74) is 4.15. The maximum atomic E-state index is 11.7. The van der Waals surface area contributed by atoms with Crippen LogP contribution in [0.5, 0.6) is 0 Å². The first-order valence-corrected chi connectivity index (χ1v) is 8.62. The third-order valence-corrected chi connectivity index (χ3v) is 4.64. The van der Waals surface area contributed by atoms with Crippen molar-refractivity contribution < 1.29 is 9.90 Å². The molecule has 3 aromatic rings. The van der Waals surface area contributed by atoms with E-state index >= 15 is 0 Å². The topological polar surface area (TPSA) is 40.1 Å².